The molecule has 0 bridgehead atoms. The third kappa shape index (κ3) is 5.17. The Bertz CT molecular complexity index is 1800. The average Bonchev–Trinajstić information content (AvgIpc) is 3.32. The second-order valence-electron chi connectivity index (χ2n) is 10.9. The van der Waals surface area contributed by atoms with Crippen LogP contribution in [0.15, 0.2) is 76.4 Å². The van der Waals surface area contributed by atoms with Crippen molar-refractivity contribution in [3.8, 4) is 0 Å². The highest BCUT2D eigenvalue weighted by Gasteiger charge is 2.68. The first kappa shape index (κ1) is 27.9. The highest BCUT2D eigenvalue weighted by molar-refractivity contribution is 7.99. The lowest BCUT2D eigenvalue weighted by molar-refractivity contribution is 0.138. The molecular weight excluding hydrogens is 604 g/mol. The molecule has 1 aliphatic heterocycles. The van der Waals surface area contributed by atoms with Crippen molar-refractivity contribution < 1.29 is 9.53 Å². The van der Waals surface area contributed by atoms with E-state index in [1.54, 1.807) is 23.7 Å². The topological polar surface area (TPSA) is 124 Å². The molecule has 13 heteroatoms. The van der Waals surface area contributed by atoms with Crippen molar-refractivity contribution in [3.63, 3.8) is 0 Å². The molecule has 3 N–H and O–H groups in total. The molecule has 1 saturated heterocycles. The molecule has 7 rings (SSSR count). The Labute approximate surface area is 261 Å². The molecular formula is C30H29ClN8O2S2. The van der Waals surface area contributed by atoms with Gasteiger partial charge in [-0.25, -0.2) is 24.7 Å². The Morgan fingerprint density at radius 2 is 2.05 bits per heavy atom. The van der Waals surface area contributed by atoms with Gasteiger partial charge in [0.1, 0.15) is 17.4 Å². The van der Waals surface area contributed by atoms with Crippen molar-refractivity contribution in [3.05, 3.63) is 87.9 Å². The summed E-state index contributed by atoms with van der Waals surface area (Å²) in [4.78, 5) is 35.2. The number of anilines is 2. The fraction of sp³-hybridized carbons (Fsp3) is 0.300. The van der Waals surface area contributed by atoms with Crippen LogP contribution in [0.5, 0.6) is 0 Å². The van der Waals surface area contributed by atoms with Crippen molar-refractivity contribution in [1.29, 1.82) is 0 Å². The third-order valence-corrected chi connectivity index (χ3v) is 11.1. The second kappa shape index (κ2) is 11.3. The molecule has 43 heavy (non-hydrogen) atoms. The summed E-state index contributed by atoms with van der Waals surface area (Å²) in [5.74, 6) is 1.85. The van der Waals surface area contributed by atoms with Crippen LogP contribution in [0.4, 0.5) is 16.6 Å². The fourth-order valence-electron chi connectivity index (χ4n) is 6.20. The molecule has 1 aliphatic carbocycles. The van der Waals surface area contributed by atoms with E-state index in [0.717, 1.165) is 57.2 Å². The molecule has 1 amide bonds. The van der Waals surface area contributed by atoms with Gasteiger partial charge >= 0.3 is 6.09 Å². The summed E-state index contributed by atoms with van der Waals surface area (Å²) in [5.41, 5.74) is 8.43. The lowest BCUT2D eigenvalue weighted by atomic mass is 10.0. The van der Waals surface area contributed by atoms with Crippen LogP contribution >= 0.6 is 34.7 Å². The molecule has 2 aliphatic rings. The van der Waals surface area contributed by atoms with Crippen LogP contribution in [0.3, 0.4) is 0 Å². The summed E-state index contributed by atoms with van der Waals surface area (Å²) in [7, 11) is 0. The van der Waals surface area contributed by atoms with Crippen LogP contribution in [0, 0.1) is 18.8 Å². The van der Waals surface area contributed by atoms with Gasteiger partial charge in [-0.3, -0.25) is 4.40 Å². The van der Waals surface area contributed by atoms with Crippen LogP contribution in [-0.4, -0.2) is 50.1 Å². The number of halogens is 1. The number of hydrogen-bond acceptors (Lipinski definition) is 10. The quantitative estimate of drug-likeness (QED) is 0.225. The summed E-state index contributed by atoms with van der Waals surface area (Å²) in [5, 5.41) is 6.65. The number of carbonyl (C=O) groups excluding carboxylic acids is 1. The molecule has 3 unspecified atom stereocenters. The lowest BCUT2D eigenvalue weighted by Crippen LogP contribution is -2.36. The van der Waals surface area contributed by atoms with Crippen molar-refractivity contribution >= 4 is 58.2 Å². The number of ether oxygens (including phenoxy) is 1. The molecule has 220 valence electrons. The van der Waals surface area contributed by atoms with Gasteiger partial charge in [0.25, 0.3) is 0 Å². The van der Waals surface area contributed by atoms with Crippen molar-refractivity contribution in [1.82, 2.24) is 29.7 Å². The maximum absolute atomic E-state index is 12.7. The van der Waals surface area contributed by atoms with Gasteiger partial charge in [-0.15, -0.1) is 11.3 Å². The zero-order chi connectivity index (χ0) is 29.6. The standard InChI is InChI=1S/C30H29ClN8O2S2/c1-18-16-42-27(37-18)30(17-36-29(40)41-15-19-5-3-2-4-6-19)20-8-11-38(14-21(20)30)28-35-13-23(26-34-10-12-39(26)28)43-22-7-9-33-25(32)24(22)31/h2-7,9-10,12-13,16,20-21H,8,11,14-15,17H2,1H3,(H2,32,33)(H,36,40). The number of imidazole rings is 1. The second-order valence-corrected chi connectivity index (χ2v) is 13.2. The molecule has 0 spiro atoms. The predicted octanol–water partition coefficient (Wildman–Crippen LogP) is 5.60. The summed E-state index contributed by atoms with van der Waals surface area (Å²) in [6, 6.07) is 11.5. The number of nitrogens with two attached hydrogens (primary N) is 1. The van der Waals surface area contributed by atoms with E-state index in [4.69, 9.17) is 32.0 Å². The largest absolute Gasteiger partial charge is 0.445 e. The molecule has 0 radical (unpaired) electrons. The summed E-state index contributed by atoms with van der Waals surface area (Å²) < 4.78 is 7.55. The number of aromatic nitrogens is 5. The molecule has 10 nitrogen and oxygen atoms in total. The van der Waals surface area contributed by atoms with Gasteiger partial charge in [-0.1, -0.05) is 53.7 Å². The Hall–Kier alpha value is -3.87. The molecule has 5 heterocycles. The van der Waals surface area contributed by atoms with Gasteiger partial charge in [-0.2, -0.15) is 0 Å². The number of nitrogens with one attached hydrogen (secondary N) is 1. The summed E-state index contributed by atoms with van der Waals surface area (Å²) >= 11 is 9.54. The van der Waals surface area contributed by atoms with Crippen LogP contribution < -0.4 is 16.0 Å². The van der Waals surface area contributed by atoms with Crippen molar-refractivity contribution in [2.75, 3.05) is 30.3 Å². The zero-order valence-electron chi connectivity index (χ0n) is 23.3. The number of carbonyl (C=O) groups is 1. The Kier molecular flexibility index (Phi) is 7.36. The van der Waals surface area contributed by atoms with Gasteiger partial charge in [0.05, 0.1) is 9.92 Å². The van der Waals surface area contributed by atoms with Crippen molar-refractivity contribution in [2.45, 2.75) is 35.2 Å². The van der Waals surface area contributed by atoms with E-state index in [1.807, 2.05) is 60.1 Å². The van der Waals surface area contributed by atoms with Crippen molar-refractivity contribution in [2.24, 2.45) is 11.8 Å². The first-order chi connectivity index (χ1) is 20.9. The zero-order valence-corrected chi connectivity index (χ0v) is 25.7. The number of fused-ring (bicyclic) bond motifs is 2. The normalized spacial score (nSPS) is 21.0. The predicted molar refractivity (Wildman–Crippen MR) is 168 cm³/mol. The number of piperidine rings is 1. The first-order valence-corrected chi connectivity index (χ1v) is 16.0. The van der Waals surface area contributed by atoms with Gasteiger partial charge in [0, 0.05) is 65.8 Å². The van der Waals surface area contributed by atoms with E-state index in [2.05, 4.69) is 25.6 Å². The number of amides is 1. The van der Waals surface area contributed by atoms with Gasteiger partial charge in [-0.05, 0) is 36.8 Å². The van der Waals surface area contributed by atoms with Crippen LogP contribution in [0.25, 0.3) is 5.65 Å². The maximum atomic E-state index is 12.7. The number of nitrogens with zero attached hydrogens (tertiary/aromatic N) is 6. The molecule has 1 saturated carbocycles. The molecule has 4 aromatic heterocycles. The SMILES string of the molecule is Cc1csc(C2(CNC(=O)OCc3ccccc3)C3CCN(c4ncc(Sc5ccnc(N)c5Cl)c5nccn45)CC32)n1. The van der Waals surface area contributed by atoms with E-state index in [0.29, 0.717) is 29.2 Å². The maximum Gasteiger partial charge on any atom is 0.407 e. The number of pyridine rings is 1. The summed E-state index contributed by atoms with van der Waals surface area (Å²) in [6.45, 7) is 4.36. The van der Waals surface area contributed by atoms with E-state index in [9.17, 15) is 4.79 Å². The lowest BCUT2D eigenvalue weighted by Gasteiger charge is -2.28. The van der Waals surface area contributed by atoms with Crippen LogP contribution in [0.2, 0.25) is 5.02 Å². The van der Waals surface area contributed by atoms with Crippen LogP contribution in [-0.2, 0) is 16.8 Å². The Morgan fingerprint density at radius 1 is 1.19 bits per heavy atom. The van der Waals surface area contributed by atoms with Crippen LogP contribution in [0.1, 0.15) is 22.7 Å². The number of thiazole rings is 1. The summed E-state index contributed by atoms with van der Waals surface area (Å²) in [6.07, 6.45) is 7.75. The minimum Gasteiger partial charge on any atom is -0.445 e. The third-order valence-electron chi connectivity index (χ3n) is 8.34. The van der Waals surface area contributed by atoms with Gasteiger partial charge in [0.2, 0.25) is 5.95 Å². The van der Waals surface area contributed by atoms with E-state index < -0.39 is 6.09 Å². The fourth-order valence-corrected chi connectivity index (χ4v) is 8.46. The monoisotopic (exact) mass is 632 g/mol. The number of hydrogen-bond donors (Lipinski definition) is 2. The number of rotatable bonds is 8. The number of nitrogen functional groups attached to an aromatic ring is 1. The Balaban J connectivity index is 1.10. The number of benzene rings is 1. The number of alkyl carbamates (subject to hydrolysis) is 1. The molecule has 5 aromatic rings. The minimum absolute atomic E-state index is 0.234. The first-order valence-electron chi connectivity index (χ1n) is 14.0. The van der Waals surface area contributed by atoms with E-state index in [-0.39, 0.29) is 12.0 Å². The average molecular weight is 633 g/mol. The minimum atomic E-state index is -0.414. The molecule has 3 atom stereocenters. The highest BCUT2D eigenvalue weighted by Crippen LogP contribution is 2.64. The van der Waals surface area contributed by atoms with Gasteiger partial charge in [0.15, 0.2) is 5.65 Å². The highest BCUT2D eigenvalue weighted by atomic mass is 35.5. The van der Waals surface area contributed by atoms with E-state index in [1.165, 1.54) is 11.8 Å². The molecule has 1 aromatic carbocycles. The Morgan fingerprint density at radius 3 is 2.86 bits per heavy atom. The number of aryl methyl sites for hydroxylation is 1. The van der Waals surface area contributed by atoms with Gasteiger partial charge < -0.3 is 20.7 Å². The van der Waals surface area contributed by atoms with E-state index >= 15 is 0 Å². The molecule has 2 fully saturated rings. The smallest absolute Gasteiger partial charge is 0.407 e.